The van der Waals surface area contributed by atoms with Crippen molar-refractivity contribution in [3.05, 3.63) is 71.7 Å². The van der Waals surface area contributed by atoms with Crippen molar-refractivity contribution in [2.45, 2.75) is 45.1 Å². The number of aldehydes is 1. The van der Waals surface area contributed by atoms with E-state index in [1.54, 1.807) is 22.7 Å². The Labute approximate surface area is 288 Å². The number of carbonyl (C=O) groups excluding carboxylic acids is 3. The third-order valence-electron chi connectivity index (χ3n) is 7.81. The molecule has 0 spiro atoms. The minimum absolute atomic E-state index is 0.0128. The van der Waals surface area contributed by atoms with Gasteiger partial charge in [0.25, 0.3) is 5.91 Å². The van der Waals surface area contributed by atoms with Crippen LogP contribution in [0.25, 0.3) is 16.9 Å². The van der Waals surface area contributed by atoms with E-state index >= 15 is 0 Å². The number of halogens is 2. The molecule has 1 unspecified atom stereocenters. The van der Waals surface area contributed by atoms with Gasteiger partial charge in [0.2, 0.25) is 11.7 Å². The van der Waals surface area contributed by atoms with Crippen LogP contribution in [0.1, 0.15) is 48.5 Å². The predicted octanol–water partition coefficient (Wildman–Crippen LogP) is 3.04. The molecule has 4 aromatic rings. The Morgan fingerprint density at radius 3 is 2.52 bits per heavy atom. The first-order valence-corrected chi connectivity index (χ1v) is 16.2. The Morgan fingerprint density at radius 1 is 1.02 bits per heavy atom. The summed E-state index contributed by atoms with van der Waals surface area (Å²) in [6.07, 6.45) is 8.01. The van der Waals surface area contributed by atoms with Gasteiger partial charge in [0.05, 0.1) is 25.0 Å². The van der Waals surface area contributed by atoms with Gasteiger partial charge in [-0.2, -0.15) is 4.39 Å². The number of benzene rings is 2. The third kappa shape index (κ3) is 9.49. The fourth-order valence-electron chi connectivity index (χ4n) is 5.13. The van der Waals surface area contributed by atoms with Crippen LogP contribution in [0.5, 0.6) is 5.75 Å². The summed E-state index contributed by atoms with van der Waals surface area (Å²) in [6.45, 7) is 3.31. The highest BCUT2D eigenvalue weighted by Gasteiger charge is 2.20. The topological polar surface area (TPSA) is 201 Å². The predicted molar refractivity (Wildman–Crippen MR) is 186 cm³/mol. The molecule has 4 rings (SSSR count). The highest BCUT2D eigenvalue weighted by atomic mass is 19.2. The van der Waals surface area contributed by atoms with E-state index in [4.69, 9.17) is 15.9 Å². The molecular formula is C34H42F2N10O4. The Morgan fingerprint density at radius 2 is 1.78 bits per heavy atom. The van der Waals surface area contributed by atoms with Crippen LogP contribution in [-0.4, -0.2) is 77.8 Å². The molecule has 8 N–H and O–H groups in total. The van der Waals surface area contributed by atoms with Crippen LogP contribution < -0.4 is 37.1 Å². The van der Waals surface area contributed by atoms with Crippen molar-refractivity contribution in [3.63, 3.8) is 0 Å². The van der Waals surface area contributed by atoms with Crippen LogP contribution in [0.3, 0.4) is 0 Å². The standard InChI is InChI=1S/C34H42F2N10O4/c1-3-21-19-22(45-30-31-44-20-26(46(31)17-16-39-30)24-10-11-27(50-2)29(36)28(24)35)8-9-23(21)32(48)40-14-15-41-33(49)25(37)7-6-13-43-34(38)42-12-4-5-18-47/h8-11,16-20,25H,3-7,12-15,37H2,1-2H3,(H,39,45)(H,40,48)(H,41,49)(H3,38,42,43). The molecule has 2 amide bonds. The van der Waals surface area contributed by atoms with Gasteiger partial charge < -0.3 is 41.8 Å². The molecule has 0 saturated heterocycles. The van der Waals surface area contributed by atoms with Crippen LogP contribution in [0.4, 0.5) is 20.3 Å². The molecule has 1 atom stereocenters. The Kier molecular flexibility index (Phi) is 13.5. The van der Waals surface area contributed by atoms with Gasteiger partial charge in [-0.1, -0.05) is 6.92 Å². The van der Waals surface area contributed by atoms with E-state index in [1.807, 2.05) is 13.0 Å². The van der Waals surface area contributed by atoms with E-state index < -0.39 is 17.7 Å². The molecule has 50 heavy (non-hydrogen) atoms. The van der Waals surface area contributed by atoms with Gasteiger partial charge in [-0.25, -0.2) is 14.4 Å². The Hall–Kier alpha value is -5.64. The zero-order chi connectivity index (χ0) is 36.0. The number of methoxy groups -OCH3 is 1. The zero-order valence-corrected chi connectivity index (χ0v) is 27.9. The maximum atomic E-state index is 14.9. The fourth-order valence-corrected chi connectivity index (χ4v) is 5.13. The number of amides is 2. The largest absolute Gasteiger partial charge is 0.494 e. The SMILES string of the molecule is CCc1cc(Nc2nccn3c(-c4ccc(OC)c(F)c4F)cnc23)ccc1C(=O)NCCNC(=O)C(N)CCCNC(=N)NCCCC=O. The summed E-state index contributed by atoms with van der Waals surface area (Å²) in [5.74, 6) is -2.45. The van der Waals surface area contributed by atoms with E-state index in [1.165, 1.54) is 31.6 Å². The number of guanidine groups is 1. The van der Waals surface area contributed by atoms with Crippen LogP contribution in [0.2, 0.25) is 0 Å². The number of aryl methyl sites for hydroxylation is 1. The second-order valence-corrected chi connectivity index (χ2v) is 11.2. The van der Waals surface area contributed by atoms with Gasteiger partial charge in [0.15, 0.2) is 29.0 Å². The highest BCUT2D eigenvalue weighted by molar-refractivity contribution is 5.96. The number of nitrogens with one attached hydrogen (secondary N) is 6. The first-order chi connectivity index (χ1) is 24.2. The summed E-state index contributed by atoms with van der Waals surface area (Å²) in [4.78, 5) is 44.5. The Bertz CT molecular complexity index is 1820. The monoisotopic (exact) mass is 692 g/mol. The molecule has 2 heterocycles. The van der Waals surface area contributed by atoms with Crippen molar-refractivity contribution in [2.24, 2.45) is 5.73 Å². The van der Waals surface area contributed by atoms with Crippen molar-refractivity contribution in [1.29, 1.82) is 5.41 Å². The second-order valence-electron chi connectivity index (χ2n) is 11.2. The maximum Gasteiger partial charge on any atom is 0.251 e. The lowest BCUT2D eigenvalue weighted by molar-refractivity contribution is -0.122. The third-order valence-corrected chi connectivity index (χ3v) is 7.81. The average Bonchev–Trinajstić information content (AvgIpc) is 3.56. The summed E-state index contributed by atoms with van der Waals surface area (Å²) in [5, 5.41) is 22.3. The molecule has 0 aliphatic rings. The molecule has 16 heteroatoms. The van der Waals surface area contributed by atoms with Crippen molar-refractivity contribution in [3.8, 4) is 17.0 Å². The molecule has 0 aliphatic heterocycles. The number of hydrogen-bond donors (Lipinski definition) is 7. The van der Waals surface area contributed by atoms with Gasteiger partial charge >= 0.3 is 0 Å². The molecule has 0 aliphatic carbocycles. The lowest BCUT2D eigenvalue weighted by Gasteiger charge is -2.15. The molecule has 0 radical (unpaired) electrons. The number of imidazole rings is 1. The molecule has 0 fully saturated rings. The molecule has 14 nitrogen and oxygen atoms in total. The quantitative estimate of drug-likeness (QED) is 0.0352. The molecule has 266 valence electrons. The lowest BCUT2D eigenvalue weighted by atomic mass is 10.0. The fraction of sp³-hybridized carbons (Fsp3) is 0.353. The molecule has 2 aromatic heterocycles. The van der Waals surface area contributed by atoms with Gasteiger partial charge in [0, 0.05) is 61.8 Å². The van der Waals surface area contributed by atoms with E-state index in [-0.39, 0.29) is 42.2 Å². The summed E-state index contributed by atoms with van der Waals surface area (Å²) in [7, 11) is 1.26. The summed E-state index contributed by atoms with van der Waals surface area (Å²) >= 11 is 0. The smallest absolute Gasteiger partial charge is 0.251 e. The number of nitrogens with two attached hydrogens (primary N) is 1. The normalized spacial score (nSPS) is 11.5. The summed E-state index contributed by atoms with van der Waals surface area (Å²) < 4.78 is 35.7. The number of aromatic nitrogens is 3. The molecular weight excluding hydrogens is 650 g/mol. The molecule has 0 saturated carbocycles. The average molecular weight is 693 g/mol. The van der Waals surface area contributed by atoms with Crippen LogP contribution in [0.15, 0.2) is 48.9 Å². The minimum Gasteiger partial charge on any atom is -0.494 e. The van der Waals surface area contributed by atoms with Crippen LogP contribution in [0, 0.1) is 17.0 Å². The zero-order valence-electron chi connectivity index (χ0n) is 27.9. The number of unbranched alkanes of at least 4 members (excludes halogenated alkanes) is 1. The number of ether oxygens (including phenoxy) is 1. The van der Waals surface area contributed by atoms with Crippen molar-refractivity contribution in [1.82, 2.24) is 35.6 Å². The van der Waals surface area contributed by atoms with Crippen molar-refractivity contribution >= 4 is 41.2 Å². The number of rotatable bonds is 18. The van der Waals surface area contributed by atoms with Crippen molar-refractivity contribution in [2.75, 3.05) is 38.6 Å². The summed E-state index contributed by atoms with van der Waals surface area (Å²) in [6, 6.07) is 7.28. The number of carbonyl (C=O) groups is 3. The lowest BCUT2D eigenvalue weighted by Crippen LogP contribution is -2.44. The van der Waals surface area contributed by atoms with E-state index in [0.29, 0.717) is 73.6 Å². The second kappa shape index (κ2) is 18.2. The van der Waals surface area contributed by atoms with Gasteiger partial charge in [-0.05, 0) is 61.6 Å². The first kappa shape index (κ1) is 37.2. The van der Waals surface area contributed by atoms with Gasteiger partial charge in [0.1, 0.15) is 6.29 Å². The van der Waals surface area contributed by atoms with Crippen LogP contribution >= 0.6 is 0 Å². The maximum absolute atomic E-state index is 14.9. The number of nitrogens with zero attached hydrogens (tertiary/aromatic N) is 3. The number of fused-ring (bicyclic) bond motifs is 1. The highest BCUT2D eigenvalue weighted by Crippen LogP contribution is 2.31. The van der Waals surface area contributed by atoms with E-state index in [0.717, 1.165) is 11.8 Å². The molecule has 2 aromatic carbocycles. The van der Waals surface area contributed by atoms with Crippen LogP contribution in [-0.2, 0) is 16.0 Å². The minimum atomic E-state index is -1.09. The van der Waals surface area contributed by atoms with E-state index in [2.05, 4.69) is 36.6 Å². The van der Waals surface area contributed by atoms with E-state index in [9.17, 15) is 23.2 Å². The number of anilines is 2. The number of hydrogen-bond acceptors (Lipinski definition) is 9. The van der Waals surface area contributed by atoms with Gasteiger partial charge in [-0.15, -0.1) is 0 Å². The molecule has 0 bridgehead atoms. The first-order valence-electron chi connectivity index (χ1n) is 16.2. The van der Waals surface area contributed by atoms with Gasteiger partial charge in [-0.3, -0.25) is 19.4 Å². The summed E-state index contributed by atoms with van der Waals surface area (Å²) in [5.41, 5.74) is 8.60. The Balaban J connectivity index is 1.27. The van der Waals surface area contributed by atoms with Crippen molar-refractivity contribution < 1.29 is 27.9 Å².